The maximum atomic E-state index is 12.1. The summed E-state index contributed by atoms with van der Waals surface area (Å²) >= 11 is 0. The van der Waals surface area contributed by atoms with E-state index < -0.39 is 0 Å². The molecule has 0 aromatic carbocycles. The number of hydrogen-bond acceptors (Lipinski definition) is 3. The molecule has 1 amide bonds. The average molecular weight is 286 g/mol. The van der Waals surface area contributed by atoms with Gasteiger partial charge in [-0.3, -0.25) is 4.79 Å². The molecular formula is C17H22N2O2. The molecule has 0 saturated heterocycles. The highest BCUT2D eigenvalue weighted by atomic mass is 16.2. The van der Waals surface area contributed by atoms with E-state index in [2.05, 4.69) is 29.1 Å². The van der Waals surface area contributed by atoms with Gasteiger partial charge in [-0.05, 0) is 36.8 Å². The number of aliphatic hydroxyl groups excluding tert-OH is 1. The van der Waals surface area contributed by atoms with Crippen molar-refractivity contribution in [3.63, 3.8) is 0 Å². The second-order valence-corrected chi connectivity index (χ2v) is 5.60. The predicted octanol–water partition coefficient (Wildman–Crippen LogP) is 2.13. The van der Waals surface area contributed by atoms with Gasteiger partial charge >= 0.3 is 0 Å². The number of aliphatic hydroxyl groups is 1. The molecule has 0 bridgehead atoms. The van der Waals surface area contributed by atoms with Crippen LogP contribution in [-0.4, -0.2) is 29.1 Å². The summed E-state index contributed by atoms with van der Waals surface area (Å²) in [5.74, 6) is 5.60. The fourth-order valence-electron chi connectivity index (χ4n) is 2.51. The standard InChI is InChI=1S/C17H22N2O2/c1-2-17(9-5-10-17)13-19-16(21)15-8-7-14(12-18-15)6-3-4-11-20/h7-8,12,20H,2,4-5,9-11,13H2,1H3,(H,19,21). The van der Waals surface area contributed by atoms with Gasteiger partial charge in [-0.1, -0.05) is 25.2 Å². The third kappa shape index (κ3) is 4.05. The Bertz CT molecular complexity index is 531. The molecule has 1 aliphatic rings. The van der Waals surface area contributed by atoms with Crippen LogP contribution in [0.15, 0.2) is 18.3 Å². The first-order valence-electron chi connectivity index (χ1n) is 7.53. The minimum absolute atomic E-state index is 0.0557. The quantitative estimate of drug-likeness (QED) is 0.815. The van der Waals surface area contributed by atoms with Crippen LogP contribution in [0.25, 0.3) is 0 Å². The van der Waals surface area contributed by atoms with Crippen molar-refractivity contribution in [2.45, 2.75) is 39.0 Å². The zero-order chi connectivity index (χ0) is 15.1. The highest BCUT2D eigenvalue weighted by Crippen LogP contribution is 2.43. The number of carbonyl (C=O) groups is 1. The van der Waals surface area contributed by atoms with Gasteiger partial charge in [-0.15, -0.1) is 0 Å². The number of nitrogens with zero attached hydrogens (tertiary/aromatic N) is 1. The van der Waals surface area contributed by atoms with Crippen LogP contribution in [0.1, 0.15) is 55.1 Å². The molecule has 112 valence electrons. The first kappa shape index (κ1) is 15.5. The molecule has 1 aromatic heterocycles. The largest absolute Gasteiger partial charge is 0.395 e. The molecule has 1 aromatic rings. The number of hydrogen-bond donors (Lipinski definition) is 2. The summed E-state index contributed by atoms with van der Waals surface area (Å²) in [6.07, 6.45) is 6.83. The average Bonchev–Trinajstić information content (AvgIpc) is 2.47. The Hall–Kier alpha value is -1.86. The lowest BCUT2D eigenvalue weighted by Crippen LogP contribution is -2.41. The molecule has 0 spiro atoms. The van der Waals surface area contributed by atoms with Gasteiger partial charge in [0.25, 0.3) is 5.91 Å². The van der Waals surface area contributed by atoms with E-state index in [1.807, 2.05) is 0 Å². The van der Waals surface area contributed by atoms with Gasteiger partial charge in [0.2, 0.25) is 0 Å². The normalized spacial score (nSPS) is 15.5. The van der Waals surface area contributed by atoms with Crippen molar-refractivity contribution in [3.8, 4) is 11.8 Å². The zero-order valence-electron chi connectivity index (χ0n) is 12.5. The summed E-state index contributed by atoms with van der Waals surface area (Å²) in [5, 5.41) is 11.7. The monoisotopic (exact) mass is 286 g/mol. The van der Waals surface area contributed by atoms with Gasteiger partial charge in [-0.2, -0.15) is 0 Å². The number of pyridine rings is 1. The van der Waals surface area contributed by atoms with E-state index in [0.717, 1.165) is 18.5 Å². The van der Waals surface area contributed by atoms with E-state index in [-0.39, 0.29) is 12.5 Å². The summed E-state index contributed by atoms with van der Waals surface area (Å²) in [6.45, 7) is 2.98. The van der Waals surface area contributed by atoms with Crippen LogP contribution >= 0.6 is 0 Å². The Morgan fingerprint density at radius 3 is 2.81 bits per heavy atom. The van der Waals surface area contributed by atoms with Crippen molar-refractivity contribution in [2.75, 3.05) is 13.2 Å². The Labute approximate surface area is 126 Å². The highest BCUT2D eigenvalue weighted by molar-refractivity contribution is 5.92. The molecule has 1 saturated carbocycles. The van der Waals surface area contributed by atoms with Crippen molar-refractivity contribution in [1.82, 2.24) is 10.3 Å². The van der Waals surface area contributed by atoms with Gasteiger partial charge in [0.1, 0.15) is 5.69 Å². The van der Waals surface area contributed by atoms with Crippen LogP contribution < -0.4 is 5.32 Å². The molecule has 0 radical (unpaired) electrons. The smallest absolute Gasteiger partial charge is 0.269 e. The Kier molecular flexibility index (Phi) is 5.35. The third-order valence-corrected chi connectivity index (χ3v) is 4.25. The van der Waals surface area contributed by atoms with Crippen molar-refractivity contribution in [3.05, 3.63) is 29.6 Å². The molecule has 2 rings (SSSR count). The maximum Gasteiger partial charge on any atom is 0.269 e. The molecular weight excluding hydrogens is 264 g/mol. The Morgan fingerprint density at radius 2 is 2.29 bits per heavy atom. The molecule has 0 aliphatic heterocycles. The van der Waals surface area contributed by atoms with E-state index in [0.29, 0.717) is 17.5 Å². The number of carbonyl (C=O) groups excluding carboxylic acids is 1. The second kappa shape index (κ2) is 7.24. The summed E-state index contributed by atoms with van der Waals surface area (Å²) in [7, 11) is 0. The van der Waals surface area contributed by atoms with Crippen LogP contribution in [-0.2, 0) is 0 Å². The van der Waals surface area contributed by atoms with Crippen molar-refractivity contribution >= 4 is 5.91 Å². The minimum atomic E-state index is -0.121. The fraction of sp³-hybridized carbons (Fsp3) is 0.529. The van der Waals surface area contributed by atoms with Crippen LogP contribution in [0.4, 0.5) is 0 Å². The van der Waals surface area contributed by atoms with Crippen LogP contribution in [0, 0.1) is 17.3 Å². The van der Waals surface area contributed by atoms with Gasteiger partial charge in [0.05, 0.1) is 6.61 Å². The van der Waals surface area contributed by atoms with Crippen molar-refractivity contribution in [2.24, 2.45) is 5.41 Å². The lowest BCUT2D eigenvalue weighted by atomic mass is 9.67. The molecule has 0 atom stereocenters. The fourth-order valence-corrected chi connectivity index (χ4v) is 2.51. The van der Waals surface area contributed by atoms with Gasteiger partial charge in [-0.25, -0.2) is 4.98 Å². The number of amides is 1. The van der Waals surface area contributed by atoms with E-state index in [1.54, 1.807) is 18.3 Å². The molecule has 1 heterocycles. The molecule has 4 nitrogen and oxygen atoms in total. The van der Waals surface area contributed by atoms with E-state index >= 15 is 0 Å². The van der Waals surface area contributed by atoms with Crippen LogP contribution in [0.3, 0.4) is 0 Å². The summed E-state index contributed by atoms with van der Waals surface area (Å²) in [5.41, 5.74) is 1.49. The molecule has 1 aliphatic carbocycles. The lowest BCUT2D eigenvalue weighted by Gasteiger charge is -2.41. The highest BCUT2D eigenvalue weighted by Gasteiger charge is 2.35. The summed E-state index contributed by atoms with van der Waals surface area (Å²) in [4.78, 5) is 16.2. The molecule has 1 fully saturated rings. The van der Waals surface area contributed by atoms with E-state index in [9.17, 15) is 4.79 Å². The number of aromatic nitrogens is 1. The maximum absolute atomic E-state index is 12.1. The topological polar surface area (TPSA) is 62.2 Å². The Balaban J connectivity index is 1.89. The van der Waals surface area contributed by atoms with Crippen molar-refractivity contribution in [1.29, 1.82) is 0 Å². The second-order valence-electron chi connectivity index (χ2n) is 5.60. The number of nitrogens with one attached hydrogen (secondary N) is 1. The van der Waals surface area contributed by atoms with Crippen LogP contribution in [0.2, 0.25) is 0 Å². The molecule has 21 heavy (non-hydrogen) atoms. The molecule has 2 N–H and O–H groups in total. The van der Waals surface area contributed by atoms with Gasteiger partial charge in [0.15, 0.2) is 0 Å². The first-order valence-corrected chi connectivity index (χ1v) is 7.53. The molecule has 4 heteroatoms. The third-order valence-electron chi connectivity index (χ3n) is 4.25. The van der Waals surface area contributed by atoms with Gasteiger partial charge < -0.3 is 10.4 Å². The van der Waals surface area contributed by atoms with Gasteiger partial charge in [0, 0.05) is 24.7 Å². The van der Waals surface area contributed by atoms with Crippen molar-refractivity contribution < 1.29 is 9.90 Å². The van der Waals surface area contributed by atoms with Crippen LogP contribution in [0.5, 0.6) is 0 Å². The minimum Gasteiger partial charge on any atom is -0.395 e. The number of rotatable bonds is 5. The summed E-state index contributed by atoms with van der Waals surface area (Å²) < 4.78 is 0. The lowest BCUT2D eigenvalue weighted by molar-refractivity contribution is 0.0845. The van der Waals surface area contributed by atoms with E-state index in [4.69, 9.17) is 5.11 Å². The Morgan fingerprint density at radius 1 is 1.48 bits per heavy atom. The summed E-state index contributed by atoms with van der Waals surface area (Å²) in [6, 6.07) is 3.48. The van der Waals surface area contributed by atoms with E-state index in [1.165, 1.54) is 19.3 Å². The predicted molar refractivity (Wildman–Crippen MR) is 81.7 cm³/mol. The molecule has 0 unspecified atom stereocenters. The first-order chi connectivity index (χ1) is 10.2. The zero-order valence-corrected chi connectivity index (χ0v) is 12.5. The SMILES string of the molecule is CCC1(CNC(=O)c2ccc(C#CCCO)cn2)CCC1.